The van der Waals surface area contributed by atoms with Gasteiger partial charge >= 0.3 is 0 Å². The molecular weight excluding hydrogens is 558 g/mol. The number of amides is 1. The van der Waals surface area contributed by atoms with Gasteiger partial charge in [-0.1, -0.05) is 36.0 Å². The molecule has 7 rings (SSSR count). The first-order valence-corrected chi connectivity index (χ1v) is 16.0. The van der Waals surface area contributed by atoms with Crippen LogP contribution in [0, 0.1) is 5.41 Å². The largest absolute Gasteiger partial charge is 0.382 e. The summed E-state index contributed by atoms with van der Waals surface area (Å²) in [5.41, 5.74) is 17.1. The van der Waals surface area contributed by atoms with Gasteiger partial charge in [-0.3, -0.25) is 19.1 Å². The fraction of sp³-hybridized carbons (Fsp3) is 0.394. The minimum atomic E-state index is -0.170. The molecule has 43 heavy (non-hydrogen) atoms. The second kappa shape index (κ2) is 11.0. The topological polar surface area (TPSA) is 123 Å². The van der Waals surface area contributed by atoms with Crippen molar-refractivity contribution in [2.45, 2.75) is 54.4 Å². The number of nitrogen functional groups attached to an aromatic ring is 1. The van der Waals surface area contributed by atoms with Crippen molar-refractivity contribution in [1.29, 1.82) is 0 Å². The standard InChI is InChI=1S/C33H37N7O2S/c1-38-31(42)27(43-25-9-5-7-21-8-6-14-36-26(21)25)29(35)37-32(38)40-17-12-33(13-18-40)20-23-11-10-22(19-24(23)28(33)34)30(41)39-15-3-2-4-16-39/h5-11,14,19,28H,2-4,12-13,15-18,20,34-35H2,1H3/t28-/m1/s1. The van der Waals surface area contributed by atoms with Crippen LogP contribution in [0.25, 0.3) is 10.9 Å². The Balaban J connectivity index is 1.08. The lowest BCUT2D eigenvalue weighted by Crippen LogP contribution is -2.46. The Morgan fingerprint density at radius 1 is 1.02 bits per heavy atom. The van der Waals surface area contributed by atoms with Gasteiger partial charge in [0.15, 0.2) is 0 Å². The minimum Gasteiger partial charge on any atom is -0.382 e. The van der Waals surface area contributed by atoms with Crippen molar-refractivity contribution >= 4 is 40.3 Å². The predicted molar refractivity (Wildman–Crippen MR) is 170 cm³/mol. The number of nitrogens with two attached hydrogens (primary N) is 2. The Hall–Kier alpha value is -3.89. The molecule has 2 aromatic heterocycles. The Labute approximate surface area is 255 Å². The van der Waals surface area contributed by atoms with Gasteiger partial charge < -0.3 is 21.3 Å². The van der Waals surface area contributed by atoms with Crippen molar-refractivity contribution in [3.63, 3.8) is 0 Å². The summed E-state index contributed by atoms with van der Waals surface area (Å²) >= 11 is 1.32. The number of carbonyl (C=O) groups is 1. The van der Waals surface area contributed by atoms with Gasteiger partial charge in [0.25, 0.3) is 11.5 Å². The average molecular weight is 596 g/mol. The number of likely N-dealkylation sites (tertiary alicyclic amines) is 1. The van der Waals surface area contributed by atoms with Gasteiger partial charge in [0.05, 0.1) is 5.52 Å². The highest BCUT2D eigenvalue weighted by Crippen LogP contribution is 2.51. The molecule has 4 heterocycles. The van der Waals surface area contributed by atoms with Crippen molar-refractivity contribution in [3.8, 4) is 0 Å². The molecule has 2 saturated heterocycles. The molecule has 9 nitrogen and oxygen atoms in total. The van der Waals surface area contributed by atoms with Crippen LogP contribution in [0.3, 0.4) is 0 Å². The summed E-state index contributed by atoms with van der Waals surface area (Å²) in [7, 11) is 1.76. The zero-order chi connectivity index (χ0) is 29.7. The maximum atomic E-state index is 13.6. The maximum absolute atomic E-state index is 13.6. The molecule has 0 radical (unpaired) electrons. The van der Waals surface area contributed by atoms with Crippen molar-refractivity contribution in [3.05, 3.63) is 81.8 Å². The van der Waals surface area contributed by atoms with E-state index in [0.717, 1.165) is 85.2 Å². The Kier molecular flexibility index (Phi) is 7.13. The Morgan fingerprint density at radius 2 is 1.79 bits per heavy atom. The number of anilines is 2. The highest BCUT2D eigenvalue weighted by molar-refractivity contribution is 7.99. The van der Waals surface area contributed by atoms with Crippen LogP contribution < -0.4 is 21.9 Å². The molecule has 4 N–H and O–H groups in total. The first kappa shape index (κ1) is 27.9. The van der Waals surface area contributed by atoms with Crippen molar-refractivity contribution in [2.24, 2.45) is 18.2 Å². The maximum Gasteiger partial charge on any atom is 0.270 e. The molecule has 1 atom stereocenters. The summed E-state index contributed by atoms with van der Waals surface area (Å²) < 4.78 is 1.61. The number of carbonyl (C=O) groups excluding carboxylic acids is 1. The normalized spacial score (nSPS) is 19.6. The van der Waals surface area contributed by atoms with Gasteiger partial charge in [-0.05, 0) is 79.3 Å². The van der Waals surface area contributed by atoms with Crippen LogP contribution in [0.15, 0.2) is 69.3 Å². The SMILES string of the molecule is Cn1c(N2CCC3(CC2)Cc2ccc(C(=O)N4CCCCC4)cc2[C@H]3N)nc(N)c(Sc2cccc3cccnc23)c1=O. The lowest BCUT2D eigenvalue weighted by atomic mass is 9.73. The number of piperidine rings is 2. The van der Waals surface area contributed by atoms with Crippen LogP contribution in [-0.2, 0) is 13.5 Å². The number of hydrogen-bond acceptors (Lipinski definition) is 8. The molecule has 1 aliphatic carbocycles. The summed E-state index contributed by atoms with van der Waals surface area (Å²) in [6, 6.07) is 15.8. The van der Waals surface area contributed by atoms with E-state index in [4.69, 9.17) is 16.5 Å². The number of hydrogen-bond donors (Lipinski definition) is 2. The lowest BCUT2D eigenvalue weighted by Gasteiger charge is -2.42. The van der Waals surface area contributed by atoms with E-state index in [2.05, 4.69) is 16.0 Å². The van der Waals surface area contributed by atoms with Gasteiger partial charge in [-0.15, -0.1) is 0 Å². The number of aromatic nitrogens is 3. The highest BCUT2D eigenvalue weighted by Gasteiger charge is 2.46. The highest BCUT2D eigenvalue weighted by atomic mass is 32.2. The average Bonchev–Trinajstić information content (AvgIpc) is 3.31. The minimum absolute atomic E-state index is 0.0762. The zero-order valence-corrected chi connectivity index (χ0v) is 25.3. The molecule has 1 amide bonds. The molecule has 3 aliphatic rings. The van der Waals surface area contributed by atoms with Gasteiger partial charge in [-0.25, -0.2) is 0 Å². The number of pyridine rings is 1. The molecule has 4 aromatic rings. The molecule has 2 aliphatic heterocycles. The third-order valence-electron chi connectivity index (χ3n) is 9.68. The summed E-state index contributed by atoms with van der Waals surface area (Å²) in [5.74, 6) is 0.928. The van der Waals surface area contributed by atoms with Gasteiger partial charge in [-0.2, -0.15) is 4.98 Å². The third kappa shape index (κ3) is 4.86. The summed E-state index contributed by atoms with van der Waals surface area (Å²) in [4.78, 5) is 41.4. The monoisotopic (exact) mass is 595 g/mol. The van der Waals surface area contributed by atoms with Crippen molar-refractivity contribution < 1.29 is 4.79 Å². The van der Waals surface area contributed by atoms with E-state index in [-0.39, 0.29) is 28.7 Å². The third-order valence-corrected chi connectivity index (χ3v) is 10.8. The molecule has 2 fully saturated rings. The van der Waals surface area contributed by atoms with Gasteiger partial charge in [0, 0.05) is 61.3 Å². The molecular formula is C33H37N7O2S. The molecule has 0 bridgehead atoms. The number of fused-ring (bicyclic) bond motifs is 2. The number of para-hydroxylation sites is 1. The fourth-order valence-corrected chi connectivity index (χ4v) is 8.16. The van der Waals surface area contributed by atoms with E-state index in [1.807, 2.05) is 47.4 Å². The predicted octanol–water partition coefficient (Wildman–Crippen LogP) is 4.53. The second-order valence-corrected chi connectivity index (χ2v) is 13.2. The van der Waals surface area contributed by atoms with E-state index >= 15 is 0 Å². The Morgan fingerprint density at radius 3 is 2.58 bits per heavy atom. The number of rotatable bonds is 4. The van der Waals surface area contributed by atoms with Gasteiger partial charge in [0.2, 0.25) is 5.95 Å². The lowest BCUT2D eigenvalue weighted by molar-refractivity contribution is 0.0724. The molecule has 0 saturated carbocycles. The van der Waals surface area contributed by atoms with Crippen molar-refractivity contribution in [2.75, 3.05) is 36.8 Å². The van der Waals surface area contributed by atoms with E-state index in [0.29, 0.717) is 10.8 Å². The van der Waals surface area contributed by atoms with E-state index in [1.165, 1.54) is 23.7 Å². The smallest absolute Gasteiger partial charge is 0.270 e. The fourth-order valence-electron chi connectivity index (χ4n) is 7.15. The quantitative estimate of drug-likeness (QED) is 0.353. The molecule has 2 aromatic carbocycles. The van der Waals surface area contributed by atoms with Crippen LogP contribution in [0.1, 0.15) is 59.6 Å². The van der Waals surface area contributed by atoms with E-state index in [9.17, 15) is 9.59 Å². The summed E-state index contributed by atoms with van der Waals surface area (Å²) in [6.07, 6.45) is 7.73. The molecule has 0 unspecified atom stereocenters. The van der Waals surface area contributed by atoms with E-state index in [1.54, 1.807) is 17.8 Å². The first-order chi connectivity index (χ1) is 20.8. The number of benzene rings is 2. The van der Waals surface area contributed by atoms with Crippen LogP contribution in [0.4, 0.5) is 11.8 Å². The zero-order valence-electron chi connectivity index (χ0n) is 24.5. The van der Waals surface area contributed by atoms with Gasteiger partial charge in [0.1, 0.15) is 10.7 Å². The molecule has 1 spiro atoms. The second-order valence-electron chi connectivity index (χ2n) is 12.2. The van der Waals surface area contributed by atoms with Crippen LogP contribution in [0.2, 0.25) is 0 Å². The van der Waals surface area contributed by atoms with Crippen LogP contribution in [0.5, 0.6) is 0 Å². The summed E-state index contributed by atoms with van der Waals surface area (Å²) in [6.45, 7) is 3.12. The number of nitrogens with zero attached hydrogens (tertiary/aromatic N) is 5. The first-order valence-electron chi connectivity index (χ1n) is 15.2. The molecule has 222 valence electrons. The molecule has 10 heteroatoms. The summed E-state index contributed by atoms with van der Waals surface area (Å²) in [5, 5.41) is 1.01. The van der Waals surface area contributed by atoms with Crippen LogP contribution >= 0.6 is 11.8 Å². The Bertz CT molecular complexity index is 1770. The van der Waals surface area contributed by atoms with Crippen molar-refractivity contribution in [1.82, 2.24) is 19.4 Å². The van der Waals surface area contributed by atoms with E-state index < -0.39 is 0 Å². The van der Waals surface area contributed by atoms with Crippen LogP contribution in [-0.4, -0.2) is 51.5 Å².